The zero-order chi connectivity index (χ0) is 24.9. The van der Waals surface area contributed by atoms with Gasteiger partial charge in [-0.25, -0.2) is 0 Å². The van der Waals surface area contributed by atoms with Crippen LogP contribution in [0.3, 0.4) is 0 Å². The Hall–Kier alpha value is -1.59. The number of piperidine rings is 2. The monoisotopic (exact) mass is 491 g/mol. The van der Waals surface area contributed by atoms with Gasteiger partial charge < -0.3 is 9.80 Å². The largest absolute Gasteiger partial charge is 0.345 e. The average molecular weight is 492 g/mol. The van der Waals surface area contributed by atoms with Gasteiger partial charge in [0.05, 0.1) is 6.04 Å². The topological polar surface area (TPSA) is 43.9 Å². The summed E-state index contributed by atoms with van der Waals surface area (Å²) >= 11 is 5.15. The summed E-state index contributed by atoms with van der Waals surface area (Å²) < 4.78 is 0. The number of halogens is 1. The molecule has 4 fully saturated rings. The number of fused-ring (bicyclic) bond motifs is 1. The molecule has 0 aromatic carbocycles. The van der Waals surface area contributed by atoms with Gasteiger partial charge in [0.1, 0.15) is 0 Å². The second-order valence-electron chi connectivity index (χ2n) is 10.2. The lowest BCUT2D eigenvalue weighted by Gasteiger charge is -2.36. The van der Waals surface area contributed by atoms with Gasteiger partial charge in [0.25, 0.3) is 0 Å². The molecule has 6 heteroatoms. The maximum absolute atomic E-state index is 13.0. The van der Waals surface area contributed by atoms with Crippen molar-refractivity contribution < 1.29 is 9.59 Å². The quantitative estimate of drug-likeness (QED) is 0.285. The van der Waals surface area contributed by atoms with Crippen molar-refractivity contribution in [2.45, 2.75) is 83.2 Å². The fraction of sp³-hybridized carbons (Fsp3) is 0.714. The van der Waals surface area contributed by atoms with Gasteiger partial charge in [-0.3, -0.25) is 14.5 Å². The first-order valence-corrected chi connectivity index (χ1v) is 13.6. The van der Waals surface area contributed by atoms with Gasteiger partial charge in [-0.15, -0.1) is 6.58 Å². The van der Waals surface area contributed by atoms with Crippen LogP contribution in [-0.4, -0.2) is 71.8 Å². The Balaban J connectivity index is 0.000000258. The number of allylic oxidation sites excluding steroid dienone is 2. The third kappa shape index (κ3) is 8.88. The van der Waals surface area contributed by atoms with Crippen molar-refractivity contribution >= 4 is 23.9 Å². The van der Waals surface area contributed by atoms with Gasteiger partial charge in [0, 0.05) is 43.8 Å². The molecule has 1 aliphatic carbocycles. The van der Waals surface area contributed by atoms with Gasteiger partial charge in [0.2, 0.25) is 12.3 Å². The van der Waals surface area contributed by atoms with Crippen LogP contribution in [0.15, 0.2) is 36.9 Å². The van der Waals surface area contributed by atoms with E-state index in [4.69, 9.17) is 11.6 Å². The molecule has 0 spiro atoms. The van der Waals surface area contributed by atoms with Crippen molar-refractivity contribution in [1.29, 1.82) is 0 Å². The van der Waals surface area contributed by atoms with Gasteiger partial charge >= 0.3 is 0 Å². The fourth-order valence-corrected chi connectivity index (χ4v) is 5.67. The van der Waals surface area contributed by atoms with Crippen LogP contribution in [0.1, 0.15) is 71.1 Å². The van der Waals surface area contributed by atoms with E-state index in [1.54, 1.807) is 0 Å². The van der Waals surface area contributed by atoms with Crippen molar-refractivity contribution in [3.63, 3.8) is 0 Å². The maximum atomic E-state index is 13.0. The Morgan fingerprint density at radius 1 is 0.971 bits per heavy atom. The molecule has 0 radical (unpaired) electrons. The predicted molar refractivity (Wildman–Crippen MR) is 143 cm³/mol. The first kappa shape index (κ1) is 28.6. The molecular weight excluding hydrogens is 446 g/mol. The molecule has 4 aliphatic rings. The normalized spacial score (nSPS) is 27.3. The number of hydrogen-bond acceptors (Lipinski definition) is 3. The predicted octanol–water partition coefficient (Wildman–Crippen LogP) is 5.62. The maximum Gasteiger partial charge on any atom is 0.239 e. The minimum atomic E-state index is 0.129. The summed E-state index contributed by atoms with van der Waals surface area (Å²) in [5.74, 6) is 1.93. The van der Waals surface area contributed by atoms with Gasteiger partial charge in [-0.1, -0.05) is 56.7 Å². The van der Waals surface area contributed by atoms with E-state index in [9.17, 15) is 9.59 Å². The Morgan fingerprint density at radius 2 is 1.59 bits per heavy atom. The van der Waals surface area contributed by atoms with Crippen molar-refractivity contribution in [3.8, 4) is 0 Å². The lowest BCUT2D eigenvalue weighted by molar-refractivity contribution is -0.137. The molecule has 5 nitrogen and oxygen atoms in total. The number of hydrogen-bond donors (Lipinski definition) is 0. The van der Waals surface area contributed by atoms with E-state index >= 15 is 0 Å². The molecule has 0 aromatic rings. The molecule has 34 heavy (non-hydrogen) atoms. The molecule has 2 amide bonds. The molecule has 3 saturated heterocycles. The van der Waals surface area contributed by atoms with E-state index in [1.165, 1.54) is 63.9 Å². The third-order valence-electron chi connectivity index (χ3n) is 7.70. The highest BCUT2D eigenvalue weighted by atomic mass is 35.5. The van der Waals surface area contributed by atoms with Crippen LogP contribution in [0.5, 0.6) is 0 Å². The molecule has 3 aliphatic heterocycles. The Bertz CT molecular complexity index is 669. The van der Waals surface area contributed by atoms with Crippen LogP contribution in [-0.2, 0) is 9.59 Å². The van der Waals surface area contributed by atoms with Crippen LogP contribution >= 0.6 is 11.6 Å². The van der Waals surface area contributed by atoms with Gasteiger partial charge in [0.15, 0.2) is 0 Å². The molecule has 3 heterocycles. The second-order valence-corrected chi connectivity index (χ2v) is 10.7. The SMILES string of the molecule is C=CC(=C)Cl.C=CCN1C(C(=O)N2CCC(C)CC2)CC2CCCCC21.O=CN1CCCCC1. The standard InChI is InChI=1S/C18H30N2O.C6H11NO.C4H5Cl/c1-3-10-20-16-7-5-4-6-15(16)13-17(20)18(21)19-11-8-14(2)9-12-19;8-6-7-4-2-1-3-5-7;1-3-4(2)5/h3,14-17H,1,4-13H2,2H3;6H,1-5H2;3H,1-2H2. The Morgan fingerprint density at radius 3 is 2.12 bits per heavy atom. The molecule has 3 atom stereocenters. The van der Waals surface area contributed by atoms with Crippen molar-refractivity contribution in [3.05, 3.63) is 36.9 Å². The lowest BCUT2D eigenvalue weighted by atomic mass is 9.84. The summed E-state index contributed by atoms with van der Waals surface area (Å²) in [5.41, 5.74) is 0. The number of carbonyl (C=O) groups is 2. The van der Waals surface area contributed by atoms with Crippen molar-refractivity contribution in [2.24, 2.45) is 11.8 Å². The fourth-order valence-electron chi connectivity index (χ4n) is 5.67. The van der Waals surface area contributed by atoms with E-state index < -0.39 is 0 Å². The Labute approximate surface area is 212 Å². The van der Waals surface area contributed by atoms with E-state index in [2.05, 4.69) is 36.5 Å². The van der Waals surface area contributed by atoms with Crippen LogP contribution < -0.4 is 0 Å². The lowest BCUT2D eigenvalue weighted by Crippen LogP contribution is -2.50. The van der Waals surface area contributed by atoms with Crippen LogP contribution in [0.25, 0.3) is 0 Å². The van der Waals surface area contributed by atoms with E-state index in [1.807, 2.05) is 11.0 Å². The van der Waals surface area contributed by atoms with Crippen LogP contribution in [0.4, 0.5) is 0 Å². The highest BCUT2D eigenvalue weighted by Crippen LogP contribution is 2.40. The van der Waals surface area contributed by atoms with Crippen molar-refractivity contribution in [1.82, 2.24) is 14.7 Å². The van der Waals surface area contributed by atoms with E-state index in [0.717, 1.165) is 57.4 Å². The smallest absolute Gasteiger partial charge is 0.239 e. The van der Waals surface area contributed by atoms with Crippen LogP contribution in [0, 0.1) is 11.8 Å². The first-order valence-electron chi connectivity index (χ1n) is 13.2. The molecule has 0 N–H and O–H groups in total. The second kappa shape index (κ2) is 15.4. The number of amides is 2. The zero-order valence-electron chi connectivity index (χ0n) is 21.3. The van der Waals surface area contributed by atoms with E-state index in [-0.39, 0.29) is 6.04 Å². The summed E-state index contributed by atoms with van der Waals surface area (Å²) in [6.45, 7) is 17.6. The third-order valence-corrected chi connectivity index (χ3v) is 7.86. The number of nitrogens with zero attached hydrogens (tertiary/aromatic N) is 3. The summed E-state index contributed by atoms with van der Waals surface area (Å²) in [5, 5.41) is 0.491. The molecule has 1 saturated carbocycles. The molecule has 3 unspecified atom stereocenters. The van der Waals surface area contributed by atoms with Crippen molar-refractivity contribution in [2.75, 3.05) is 32.7 Å². The van der Waals surface area contributed by atoms with Crippen LogP contribution in [0.2, 0.25) is 0 Å². The first-order chi connectivity index (χ1) is 16.4. The number of rotatable bonds is 5. The Kier molecular flexibility index (Phi) is 13.0. The zero-order valence-corrected chi connectivity index (χ0v) is 22.1. The summed E-state index contributed by atoms with van der Waals surface area (Å²) in [7, 11) is 0. The summed E-state index contributed by atoms with van der Waals surface area (Å²) in [6, 6.07) is 0.763. The minimum Gasteiger partial charge on any atom is -0.345 e. The molecular formula is C28H46ClN3O2. The van der Waals surface area contributed by atoms with Gasteiger partial charge in [-0.05, 0) is 63.2 Å². The minimum absolute atomic E-state index is 0.129. The molecule has 0 bridgehead atoms. The highest BCUT2D eigenvalue weighted by molar-refractivity contribution is 6.30. The summed E-state index contributed by atoms with van der Waals surface area (Å²) in [6.07, 6.45) is 16.8. The number of carbonyl (C=O) groups excluding carboxylic acids is 2. The number of likely N-dealkylation sites (tertiary alicyclic amines) is 3. The summed E-state index contributed by atoms with van der Waals surface area (Å²) in [4.78, 5) is 29.5. The highest BCUT2D eigenvalue weighted by Gasteiger charge is 2.45. The molecule has 4 rings (SSSR count). The average Bonchev–Trinajstić information content (AvgIpc) is 3.24. The van der Waals surface area contributed by atoms with Gasteiger partial charge in [-0.2, -0.15) is 0 Å². The molecule has 0 aromatic heterocycles. The molecule has 192 valence electrons. The van der Waals surface area contributed by atoms with E-state index in [0.29, 0.717) is 17.0 Å².